The van der Waals surface area contributed by atoms with Gasteiger partial charge in [-0.25, -0.2) is 0 Å². The minimum absolute atomic E-state index is 0.261. The second-order valence-corrected chi connectivity index (χ2v) is 4.93. The molecule has 0 aliphatic carbocycles. The molecule has 0 aromatic heterocycles. The number of rotatable bonds is 2. The van der Waals surface area contributed by atoms with Crippen LogP contribution in [0.15, 0.2) is 44.6 Å². The van der Waals surface area contributed by atoms with Crippen molar-refractivity contribution in [1.82, 2.24) is 10.6 Å². The minimum atomic E-state index is -0.261. The van der Waals surface area contributed by atoms with Gasteiger partial charge in [0.1, 0.15) is 5.84 Å². The lowest BCUT2D eigenvalue weighted by Crippen LogP contribution is -2.54. The molecule has 1 aromatic carbocycles. The van der Waals surface area contributed by atoms with E-state index < -0.39 is 0 Å². The summed E-state index contributed by atoms with van der Waals surface area (Å²) < 4.78 is 1.08. The summed E-state index contributed by atoms with van der Waals surface area (Å²) in [6.45, 7) is 2.66. The van der Waals surface area contributed by atoms with E-state index in [1.807, 2.05) is 25.1 Å². The van der Waals surface area contributed by atoms with Gasteiger partial charge >= 0.3 is 0 Å². The van der Waals surface area contributed by atoms with Crippen molar-refractivity contribution in [3.63, 3.8) is 0 Å². The first-order chi connectivity index (χ1) is 8.16. The zero-order chi connectivity index (χ0) is 12.3. The number of allylic oxidation sites excluding steroid dienone is 1. The van der Waals surface area contributed by atoms with Gasteiger partial charge < -0.3 is 10.6 Å². The van der Waals surface area contributed by atoms with E-state index in [9.17, 15) is 0 Å². The van der Waals surface area contributed by atoms with Crippen LogP contribution >= 0.6 is 22.6 Å². The summed E-state index contributed by atoms with van der Waals surface area (Å²) in [6.07, 6.45) is -0.261. The van der Waals surface area contributed by atoms with Gasteiger partial charge in [0.15, 0.2) is 6.29 Å². The third kappa shape index (κ3) is 3.19. The minimum Gasteiger partial charge on any atom is -0.356 e. The van der Waals surface area contributed by atoms with Crippen LogP contribution in [0.1, 0.15) is 12.5 Å². The number of hydrogen-bond acceptors (Lipinski definition) is 3. The van der Waals surface area contributed by atoms with Gasteiger partial charge in [-0.1, -0.05) is 30.3 Å². The van der Waals surface area contributed by atoms with E-state index in [1.165, 1.54) is 5.56 Å². The van der Waals surface area contributed by atoms with E-state index >= 15 is 0 Å². The molecule has 0 bridgehead atoms. The van der Waals surface area contributed by atoms with Crippen molar-refractivity contribution in [3.05, 3.63) is 45.2 Å². The second-order valence-electron chi connectivity index (χ2n) is 3.86. The van der Waals surface area contributed by atoms with E-state index in [1.54, 1.807) is 0 Å². The van der Waals surface area contributed by atoms with Crippen molar-refractivity contribution in [3.8, 4) is 0 Å². The molecule has 0 saturated heterocycles. The average Bonchev–Trinajstić information content (AvgIpc) is 2.33. The molecule has 5 heteroatoms. The van der Waals surface area contributed by atoms with Gasteiger partial charge in [-0.15, -0.1) is 0 Å². The summed E-state index contributed by atoms with van der Waals surface area (Å²) in [6, 6.07) is 10.2. The molecule has 0 amide bonds. The fourth-order valence-electron chi connectivity index (χ4n) is 1.59. The number of halogens is 1. The zero-order valence-corrected chi connectivity index (χ0v) is 11.7. The van der Waals surface area contributed by atoms with Crippen LogP contribution in [-0.4, -0.2) is 12.1 Å². The van der Waals surface area contributed by atoms with E-state index in [-0.39, 0.29) is 6.29 Å². The Bertz CT molecular complexity index is 453. The highest BCUT2D eigenvalue weighted by Gasteiger charge is 2.17. The molecule has 17 heavy (non-hydrogen) atoms. The molecular weight excluding hydrogens is 327 g/mol. The van der Waals surface area contributed by atoms with E-state index in [0.717, 1.165) is 15.1 Å². The summed E-state index contributed by atoms with van der Waals surface area (Å²) in [5, 5.41) is 6.23. The number of aliphatic imine (C=N–C) groups is 1. The molecule has 1 aromatic rings. The molecule has 1 unspecified atom stereocenters. The van der Waals surface area contributed by atoms with Crippen molar-refractivity contribution >= 4 is 28.4 Å². The lowest BCUT2D eigenvalue weighted by Gasteiger charge is -2.26. The Labute approximate surface area is 115 Å². The maximum absolute atomic E-state index is 5.81. The molecule has 0 spiro atoms. The summed E-state index contributed by atoms with van der Waals surface area (Å²) in [5.41, 5.74) is 8.06. The van der Waals surface area contributed by atoms with Crippen LogP contribution in [0.4, 0.5) is 0 Å². The van der Waals surface area contributed by atoms with Crippen LogP contribution in [0.2, 0.25) is 0 Å². The van der Waals surface area contributed by atoms with Crippen LogP contribution in [-0.2, 0) is 6.54 Å². The van der Waals surface area contributed by atoms with Crippen molar-refractivity contribution in [1.29, 1.82) is 0 Å². The normalized spacial score (nSPS) is 22.3. The second kappa shape index (κ2) is 5.50. The summed E-state index contributed by atoms with van der Waals surface area (Å²) >= 11 is 2.27. The molecule has 4 nitrogen and oxygen atoms in total. The van der Waals surface area contributed by atoms with Gasteiger partial charge in [-0.2, -0.15) is 0 Å². The maximum Gasteiger partial charge on any atom is 0.151 e. The van der Waals surface area contributed by atoms with Crippen LogP contribution in [0.25, 0.3) is 0 Å². The summed E-state index contributed by atoms with van der Waals surface area (Å²) in [4.78, 5) is 4.56. The van der Waals surface area contributed by atoms with Crippen LogP contribution < -0.4 is 16.4 Å². The van der Waals surface area contributed by atoms with E-state index in [0.29, 0.717) is 6.54 Å². The maximum atomic E-state index is 5.81. The molecule has 4 N–H and O–H groups in total. The average molecular weight is 342 g/mol. The number of nitrogens with zero attached hydrogens (tertiary/aromatic N) is 1. The lowest BCUT2D eigenvalue weighted by atomic mass is 10.2. The standard InChI is InChI=1S/C12H15IN4/c1-8-10(13)11(17-12(14)16-8)15-7-9-5-3-2-4-6-9/h2-6,12,16H,7,14H2,1H3,(H,15,17). The molecule has 90 valence electrons. The van der Waals surface area contributed by atoms with Crippen LogP contribution in [0, 0.1) is 0 Å². The smallest absolute Gasteiger partial charge is 0.151 e. The highest BCUT2D eigenvalue weighted by atomic mass is 127. The number of amidine groups is 1. The molecule has 1 aliphatic rings. The van der Waals surface area contributed by atoms with Crippen molar-refractivity contribution in [2.75, 3.05) is 0 Å². The Kier molecular flexibility index (Phi) is 4.01. The van der Waals surface area contributed by atoms with Gasteiger partial charge in [-0.3, -0.25) is 10.7 Å². The summed E-state index contributed by atoms with van der Waals surface area (Å²) in [5.74, 6) is 0.859. The van der Waals surface area contributed by atoms with Gasteiger partial charge in [0.2, 0.25) is 0 Å². The van der Waals surface area contributed by atoms with Gasteiger partial charge in [0, 0.05) is 5.70 Å². The summed E-state index contributed by atoms with van der Waals surface area (Å²) in [7, 11) is 0. The van der Waals surface area contributed by atoms with E-state index in [2.05, 4.69) is 50.3 Å². The largest absolute Gasteiger partial charge is 0.356 e. The fourth-order valence-corrected chi connectivity index (χ4v) is 2.07. The first kappa shape index (κ1) is 12.4. The fraction of sp³-hybridized carbons (Fsp3) is 0.250. The monoisotopic (exact) mass is 342 g/mol. The first-order valence-electron chi connectivity index (χ1n) is 5.40. The van der Waals surface area contributed by atoms with Crippen molar-refractivity contribution < 1.29 is 0 Å². The Morgan fingerprint density at radius 2 is 2.00 bits per heavy atom. The van der Waals surface area contributed by atoms with Crippen LogP contribution in [0.5, 0.6) is 0 Å². The van der Waals surface area contributed by atoms with Gasteiger partial charge in [0.25, 0.3) is 0 Å². The number of hydrogen-bond donors (Lipinski definition) is 3. The predicted molar refractivity (Wildman–Crippen MR) is 78.5 cm³/mol. The zero-order valence-electron chi connectivity index (χ0n) is 9.57. The number of benzene rings is 1. The number of nitrogens with two attached hydrogens (primary N) is 1. The highest BCUT2D eigenvalue weighted by molar-refractivity contribution is 14.1. The Hall–Kier alpha value is -1.08. The molecule has 1 aliphatic heterocycles. The topological polar surface area (TPSA) is 62.4 Å². The predicted octanol–water partition coefficient (Wildman–Crippen LogP) is 1.69. The molecule has 0 fully saturated rings. The van der Waals surface area contributed by atoms with Crippen molar-refractivity contribution in [2.45, 2.75) is 19.8 Å². The molecular formula is C12H15IN4. The van der Waals surface area contributed by atoms with Gasteiger partial charge in [0.05, 0.1) is 10.1 Å². The van der Waals surface area contributed by atoms with Crippen LogP contribution in [0.3, 0.4) is 0 Å². The Morgan fingerprint density at radius 1 is 1.29 bits per heavy atom. The first-order valence-corrected chi connectivity index (χ1v) is 6.48. The van der Waals surface area contributed by atoms with Crippen molar-refractivity contribution in [2.24, 2.45) is 10.7 Å². The SMILES string of the molecule is CC1=C(I)C(=NCc2ccccc2)NC(N)N1. The molecule has 0 radical (unpaired) electrons. The lowest BCUT2D eigenvalue weighted by molar-refractivity contribution is 0.542. The molecule has 1 atom stereocenters. The quantitative estimate of drug-likeness (QED) is 0.717. The molecule has 2 rings (SSSR count). The Balaban J connectivity index is 2.14. The molecule has 1 heterocycles. The molecule has 0 saturated carbocycles. The Morgan fingerprint density at radius 3 is 2.71 bits per heavy atom. The van der Waals surface area contributed by atoms with Gasteiger partial charge in [-0.05, 0) is 35.1 Å². The van der Waals surface area contributed by atoms with E-state index in [4.69, 9.17) is 5.73 Å². The highest BCUT2D eigenvalue weighted by Crippen LogP contribution is 2.16. The third-order valence-electron chi connectivity index (χ3n) is 2.46. The number of nitrogens with one attached hydrogen (secondary N) is 2. The third-order valence-corrected chi connectivity index (χ3v) is 3.78.